The Labute approximate surface area is 180 Å². The zero-order valence-corrected chi connectivity index (χ0v) is 17.6. The Bertz CT molecular complexity index is 1030. The quantitative estimate of drug-likeness (QED) is 0.532. The predicted molar refractivity (Wildman–Crippen MR) is 114 cm³/mol. The van der Waals surface area contributed by atoms with Gasteiger partial charge >= 0.3 is 5.97 Å². The van der Waals surface area contributed by atoms with Crippen LogP contribution in [0.5, 0.6) is 17.2 Å². The van der Waals surface area contributed by atoms with Crippen LogP contribution in [0.4, 0.5) is 0 Å². The van der Waals surface area contributed by atoms with E-state index in [2.05, 4.69) is 5.32 Å². The van der Waals surface area contributed by atoms with Crippen LogP contribution in [0.1, 0.15) is 15.9 Å². The van der Waals surface area contributed by atoms with Gasteiger partial charge in [-0.05, 0) is 42.5 Å². The van der Waals surface area contributed by atoms with Crippen molar-refractivity contribution in [2.24, 2.45) is 0 Å². The molecular weight excluding hydrogens is 400 g/mol. The van der Waals surface area contributed by atoms with E-state index >= 15 is 0 Å². The van der Waals surface area contributed by atoms with Crippen LogP contribution in [-0.2, 0) is 16.1 Å². The molecule has 0 aliphatic rings. The fraction of sp³-hybridized carbons (Fsp3) is 0.217. The molecule has 0 radical (unpaired) electrons. The third kappa shape index (κ3) is 5.36. The maximum atomic E-state index is 12.2. The zero-order valence-electron chi connectivity index (χ0n) is 17.6. The topological polar surface area (TPSA) is 88.0 Å². The molecule has 1 heterocycles. The average molecular weight is 424 g/mol. The second-order valence-corrected chi connectivity index (χ2v) is 6.51. The molecule has 8 heteroatoms. The van der Waals surface area contributed by atoms with Crippen LogP contribution < -0.4 is 19.5 Å². The summed E-state index contributed by atoms with van der Waals surface area (Å²) in [4.78, 5) is 24.4. The number of carbonyl (C=O) groups excluding carboxylic acids is 2. The maximum absolute atomic E-state index is 12.2. The molecule has 0 saturated carbocycles. The summed E-state index contributed by atoms with van der Waals surface area (Å²) in [6, 6.07) is 14.2. The molecule has 0 spiro atoms. The van der Waals surface area contributed by atoms with Gasteiger partial charge in [0.2, 0.25) is 0 Å². The Hall–Kier alpha value is -3.94. The highest BCUT2D eigenvalue weighted by Crippen LogP contribution is 2.34. The van der Waals surface area contributed by atoms with Crippen molar-refractivity contribution >= 4 is 11.9 Å². The van der Waals surface area contributed by atoms with Crippen LogP contribution in [0.25, 0.3) is 5.69 Å². The standard InChI is InChI=1S/C23H24N2O6/c1-28-19-13-21(30-3)20(29-2)12-17(19)14-24-22(26)15-31-23(27)16-6-8-18(9-7-16)25-10-4-5-11-25/h4-13H,14-15H2,1-3H3,(H,24,26). The molecule has 3 aromatic rings. The van der Waals surface area contributed by atoms with E-state index in [1.165, 1.54) is 21.3 Å². The molecule has 8 nitrogen and oxygen atoms in total. The lowest BCUT2D eigenvalue weighted by Gasteiger charge is -2.14. The summed E-state index contributed by atoms with van der Waals surface area (Å²) in [6.07, 6.45) is 3.82. The number of nitrogens with one attached hydrogen (secondary N) is 1. The largest absolute Gasteiger partial charge is 0.496 e. The van der Waals surface area contributed by atoms with Crippen LogP contribution >= 0.6 is 0 Å². The number of nitrogens with zero attached hydrogens (tertiary/aromatic N) is 1. The molecule has 2 aromatic carbocycles. The highest BCUT2D eigenvalue weighted by molar-refractivity contribution is 5.91. The van der Waals surface area contributed by atoms with Crippen molar-refractivity contribution in [3.63, 3.8) is 0 Å². The van der Waals surface area contributed by atoms with Gasteiger partial charge in [-0.25, -0.2) is 4.79 Å². The number of methoxy groups -OCH3 is 3. The van der Waals surface area contributed by atoms with Gasteiger partial charge in [-0.2, -0.15) is 0 Å². The predicted octanol–water partition coefficient (Wildman–Crippen LogP) is 2.98. The normalized spacial score (nSPS) is 10.3. The smallest absolute Gasteiger partial charge is 0.338 e. The van der Waals surface area contributed by atoms with Crippen LogP contribution in [0.15, 0.2) is 60.9 Å². The van der Waals surface area contributed by atoms with Crippen LogP contribution in [0, 0.1) is 0 Å². The summed E-state index contributed by atoms with van der Waals surface area (Å²) >= 11 is 0. The molecule has 0 bridgehead atoms. The summed E-state index contributed by atoms with van der Waals surface area (Å²) in [5.74, 6) is 0.568. The molecular formula is C23H24N2O6. The highest BCUT2D eigenvalue weighted by Gasteiger charge is 2.14. The van der Waals surface area contributed by atoms with E-state index in [-0.39, 0.29) is 6.54 Å². The van der Waals surface area contributed by atoms with Crippen LogP contribution in [0.2, 0.25) is 0 Å². The van der Waals surface area contributed by atoms with Crippen LogP contribution in [-0.4, -0.2) is 44.4 Å². The number of esters is 1. The SMILES string of the molecule is COc1cc(OC)c(OC)cc1CNC(=O)COC(=O)c1ccc(-n2cccc2)cc1. The van der Waals surface area contributed by atoms with Crippen molar-refractivity contribution in [1.29, 1.82) is 0 Å². The molecule has 0 aliphatic heterocycles. The van der Waals surface area contributed by atoms with Gasteiger partial charge in [-0.1, -0.05) is 0 Å². The Morgan fingerprint density at radius 3 is 2.10 bits per heavy atom. The van der Waals surface area contributed by atoms with Gasteiger partial charge in [-0.3, -0.25) is 4.79 Å². The first-order valence-corrected chi connectivity index (χ1v) is 9.51. The van der Waals surface area contributed by atoms with Gasteiger partial charge in [0.05, 0.1) is 26.9 Å². The van der Waals surface area contributed by atoms with Crippen molar-refractivity contribution in [2.75, 3.05) is 27.9 Å². The lowest BCUT2D eigenvalue weighted by molar-refractivity contribution is -0.124. The van der Waals surface area contributed by atoms with E-state index in [1.807, 2.05) is 29.1 Å². The summed E-state index contributed by atoms with van der Waals surface area (Å²) in [5.41, 5.74) is 1.98. The lowest BCUT2D eigenvalue weighted by atomic mass is 10.1. The summed E-state index contributed by atoms with van der Waals surface area (Å²) in [6.45, 7) is -0.223. The minimum Gasteiger partial charge on any atom is -0.496 e. The van der Waals surface area contributed by atoms with Gasteiger partial charge in [0.25, 0.3) is 5.91 Å². The number of benzene rings is 2. The van der Waals surface area contributed by atoms with E-state index < -0.39 is 18.5 Å². The molecule has 0 aliphatic carbocycles. The first-order valence-electron chi connectivity index (χ1n) is 9.51. The first-order chi connectivity index (χ1) is 15.0. The van der Waals surface area contributed by atoms with E-state index in [4.69, 9.17) is 18.9 Å². The molecule has 1 aromatic heterocycles. The van der Waals surface area contributed by atoms with E-state index in [9.17, 15) is 9.59 Å². The molecule has 1 N–H and O–H groups in total. The van der Waals surface area contributed by atoms with Crippen molar-refractivity contribution in [1.82, 2.24) is 9.88 Å². The second-order valence-electron chi connectivity index (χ2n) is 6.51. The number of hydrogen-bond acceptors (Lipinski definition) is 6. The second kappa shape index (κ2) is 10.2. The van der Waals surface area contributed by atoms with E-state index in [1.54, 1.807) is 36.4 Å². The minimum atomic E-state index is -0.571. The maximum Gasteiger partial charge on any atom is 0.338 e. The van der Waals surface area contributed by atoms with Gasteiger partial charge in [-0.15, -0.1) is 0 Å². The van der Waals surface area contributed by atoms with Gasteiger partial charge in [0, 0.05) is 36.3 Å². The first kappa shape index (κ1) is 21.8. The summed E-state index contributed by atoms with van der Waals surface area (Å²) in [5, 5.41) is 2.70. The number of aromatic nitrogens is 1. The molecule has 0 unspecified atom stereocenters. The summed E-state index contributed by atoms with van der Waals surface area (Å²) in [7, 11) is 4.58. The number of carbonyl (C=O) groups is 2. The number of ether oxygens (including phenoxy) is 4. The molecule has 0 fully saturated rings. The fourth-order valence-corrected chi connectivity index (χ4v) is 2.97. The number of hydrogen-bond donors (Lipinski definition) is 1. The van der Waals surface area contributed by atoms with E-state index in [0.29, 0.717) is 28.4 Å². The zero-order chi connectivity index (χ0) is 22.2. The monoisotopic (exact) mass is 424 g/mol. The van der Waals surface area contributed by atoms with Crippen molar-refractivity contribution in [2.45, 2.75) is 6.54 Å². The molecule has 0 atom stereocenters. The Morgan fingerprint density at radius 2 is 1.48 bits per heavy atom. The Kier molecular flexibility index (Phi) is 7.16. The number of rotatable bonds is 9. The molecule has 3 rings (SSSR count). The third-order valence-corrected chi connectivity index (χ3v) is 4.60. The van der Waals surface area contributed by atoms with Crippen LogP contribution in [0.3, 0.4) is 0 Å². The van der Waals surface area contributed by atoms with Crippen molar-refractivity contribution < 1.29 is 28.5 Å². The average Bonchev–Trinajstić information content (AvgIpc) is 3.35. The highest BCUT2D eigenvalue weighted by atomic mass is 16.5. The molecule has 1 amide bonds. The summed E-state index contributed by atoms with van der Waals surface area (Å²) < 4.78 is 22.9. The van der Waals surface area contributed by atoms with E-state index in [0.717, 1.165) is 5.69 Å². The third-order valence-electron chi connectivity index (χ3n) is 4.60. The lowest BCUT2D eigenvalue weighted by Crippen LogP contribution is -2.28. The van der Waals surface area contributed by atoms with Gasteiger partial charge in [0.1, 0.15) is 5.75 Å². The van der Waals surface area contributed by atoms with Crippen molar-refractivity contribution in [3.05, 3.63) is 72.1 Å². The molecule has 31 heavy (non-hydrogen) atoms. The fourth-order valence-electron chi connectivity index (χ4n) is 2.97. The number of amides is 1. The van der Waals surface area contributed by atoms with Gasteiger partial charge in [0.15, 0.2) is 18.1 Å². The Morgan fingerprint density at radius 1 is 0.871 bits per heavy atom. The van der Waals surface area contributed by atoms with Gasteiger partial charge < -0.3 is 28.8 Å². The van der Waals surface area contributed by atoms with Crippen molar-refractivity contribution in [3.8, 4) is 22.9 Å². The molecule has 0 saturated heterocycles. The Balaban J connectivity index is 1.54. The minimum absolute atomic E-state index is 0.172. The molecule has 162 valence electrons.